The van der Waals surface area contributed by atoms with E-state index in [4.69, 9.17) is 17.3 Å². The predicted molar refractivity (Wildman–Crippen MR) is 90.7 cm³/mol. The lowest BCUT2D eigenvalue weighted by atomic mass is 10.1. The van der Waals surface area contributed by atoms with E-state index >= 15 is 0 Å². The summed E-state index contributed by atoms with van der Waals surface area (Å²) in [6, 6.07) is 10.2. The van der Waals surface area contributed by atoms with Crippen molar-refractivity contribution < 1.29 is 14.5 Å². The first-order valence-corrected chi connectivity index (χ1v) is 7.08. The SMILES string of the molecule is NC(=O)c1ccc(Cl)c(NC(=O)/C=C/c2ccccc2[N+](=O)[O-])c1. The van der Waals surface area contributed by atoms with Crippen LogP contribution < -0.4 is 11.1 Å². The zero-order chi connectivity index (χ0) is 17.7. The maximum absolute atomic E-state index is 12.0. The highest BCUT2D eigenvalue weighted by atomic mass is 35.5. The Kier molecular flexibility index (Phi) is 5.28. The number of anilines is 1. The van der Waals surface area contributed by atoms with E-state index in [0.29, 0.717) is 0 Å². The number of para-hydroxylation sites is 1. The number of carbonyl (C=O) groups excluding carboxylic acids is 2. The number of rotatable bonds is 5. The summed E-state index contributed by atoms with van der Waals surface area (Å²) in [4.78, 5) is 33.5. The molecule has 8 heteroatoms. The van der Waals surface area contributed by atoms with E-state index in [1.165, 1.54) is 42.5 Å². The van der Waals surface area contributed by atoms with E-state index in [1.807, 2.05) is 0 Å². The number of primary amides is 1. The molecule has 24 heavy (non-hydrogen) atoms. The summed E-state index contributed by atoms with van der Waals surface area (Å²) in [6.07, 6.45) is 2.45. The lowest BCUT2D eigenvalue weighted by Gasteiger charge is -2.06. The Morgan fingerprint density at radius 3 is 2.58 bits per heavy atom. The van der Waals surface area contributed by atoms with Gasteiger partial charge in [0.2, 0.25) is 11.8 Å². The number of nitro groups is 1. The van der Waals surface area contributed by atoms with Crippen LogP contribution in [0.25, 0.3) is 6.08 Å². The average Bonchev–Trinajstić information content (AvgIpc) is 2.55. The zero-order valence-corrected chi connectivity index (χ0v) is 13.0. The van der Waals surface area contributed by atoms with Gasteiger partial charge in [0.25, 0.3) is 5.69 Å². The molecule has 0 radical (unpaired) electrons. The second-order valence-electron chi connectivity index (χ2n) is 4.70. The number of nitrogens with two attached hydrogens (primary N) is 1. The minimum Gasteiger partial charge on any atom is -0.366 e. The van der Waals surface area contributed by atoms with Crippen LogP contribution in [-0.2, 0) is 4.79 Å². The average molecular weight is 346 g/mol. The number of nitro benzene ring substituents is 1. The fourth-order valence-electron chi connectivity index (χ4n) is 1.91. The van der Waals surface area contributed by atoms with Gasteiger partial charge in [-0.2, -0.15) is 0 Å². The number of nitrogens with zero attached hydrogens (tertiary/aromatic N) is 1. The largest absolute Gasteiger partial charge is 0.366 e. The van der Waals surface area contributed by atoms with Crippen LogP contribution in [0, 0.1) is 10.1 Å². The normalized spacial score (nSPS) is 10.5. The van der Waals surface area contributed by atoms with Crippen LogP contribution in [-0.4, -0.2) is 16.7 Å². The van der Waals surface area contributed by atoms with Crippen LogP contribution >= 0.6 is 11.6 Å². The van der Waals surface area contributed by atoms with Crippen LogP contribution in [0.1, 0.15) is 15.9 Å². The summed E-state index contributed by atoms with van der Waals surface area (Å²) in [5, 5.41) is 13.6. The highest BCUT2D eigenvalue weighted by molar-refractivity contribution is 6.34. The third-order valence-electron chi connectivity index (χ3n) is 3.06. The quantitative estimate of drug-likeness (QED) is 0.492. The summed E-state index contributed by atoms with van der Waals surface area (Å²) < 4.78 is 0. The van der Waals surface area contributed by atoms with E-state index in [1.54, 1.807) is 6.07 Å². The minimum absolute atomic E-state index is 0.115. The number of halogens is 1. The standard InChI is InChI=1S/C16H12ClN3O4/c17-12-7-5-11(16(18)22)9-13(12)19-15(21)8-6-10-3-1-2-4-14(10)20(23)24/h1-9H,(H2,18,22)(H,19,21)/b8-6+. The van der Waals surface area contributed by atoms with Crippen LogP contribution in [0.5, 0.6) is 0 Å². The monoisotopic (exact) mass is 345 g/mol. The van der Waals surface area contributed by atoms with Crippen molar-refractivity contribution in [2.75, 3.05) is 5.32 Å². The number of amides is 2. The molecule has 0 bridgehead atoms. The lowest BCUT2D eigenvalue weighted by Crippen LogP contribution is -2.13. The summed E-state index contributed by atoms with van der Waals surface area (Å²) in [7, 11) is 0. The van der Waals surface area contributed by atoms with Crippen molar-refractivity contribution in [1.82, 2.24) is 0 Å². The molecule has 0 aromatic heterocycles. The third kappa shape index (κ3) is 4.17. The van der Waals surface area contributed by atoms with Crippen molar-refractivity contribution in [3.05, 3.63) is 74.8 Å². The molecular weight excluding hydrogens is 334 g/mol. The van der Waals surface area contributed by atoms with E-state index in [2.05, 4.69) is 5.32 Å². The highest BCUT2D eigenvalue weighted by Gasteiger charge is 2.11. The Morgan fingerprint density at radius 1 is 1.21 bits per heavy atom. The molecule has 0 aliphatic heterocycles. The van der Waals surface area contributed by atoms with Gasteiger partial charge in [-0.05, 0) is 30.3 Å². The van der Waals surface area contributed by atoms with Crippen molar-refractivity contribution in [2.45, 2.75) is 0 Å². The van der Waals surface area contributed by atoms with Gasteiger partial charge < -0.3 is 11.1 Å². The summed E-state index contributed by atoms with van der Waals surface area (Å²) in [5.41, 5.74) is 5.75. The van der Waals surface area contributed by atoms with Gasteiger partial charge in [-0.3, -0.25) is 19.7 Å². The second-order valence-corrected chi connectivity index (χ2v) is 5.10. The molecule has 2 amide bonds. The fourth-order valence-corrected chi connectivity index (χ4v) is 2.07. The molecule has 2 aromatic carbocycles. The number of hydrogen-bond acceptors (Lipinski definition) is 4. The molecule has 0 unspecified atom stereocenters. The molecule has 0 aliphatic carbocycles. The Bertz CT molecular complexity index is 849. The van der Waals surface area contributed by atoms with Crippen LogP contribution in [0.15, 0.2) is 48.5 Å². The molecule has 0 aliphatic rings. The predicted octanol–water partition coefficient (Wildman–Crippen LogP) is 3.00. The van der Waals surface area contributed by atoms with Gasteiger partial charge in [-0.25, -0.2) is 0 Å². The maximum Gasteiger partial charge on any atom is 0.276 e. The zero-order valence-electron chi connectivity index (χ0n) is 12.2. The third-order valence-corrected chi connectivity index (χ3v) is 3.39. The van der Waals surface area contributed by atoms with Gasteiger partial charge in [0.05, 0.1) is 21.2 Å². The van der Waals surface area contributed by atoms with Crippen molar-refractivity contribution in [3.63, 3.8) is 0 Å². The topological polar surface area (TPSA) is 115 Å². The molecule has 0 saturated heterocycles. The number of benzene rings is 2. The minimum atomic E-state index is -0.655. The van der Waals surface area contributed by atoms with E-state index in [-0.39, 0.29) is 27.5 Å². The Morgan fingerprint density at radius 2 is 1.92 bits per heavy atom. The fraction of sp³-hybridized carbons (Fsp3) is 0. The summed E-state index contributed by atoms with van der Waals surface area (Å²) in [6.45, 7) is 0. The second kappa shape index (κ2) is 7.38. The van der Waals surface area contributed by atoms with E-state index in [0.717, 1.165) is 6.08 Å². The van der Waals surface area contributed by atoms with Crippen molar-refractivity contribution in [3.8, 4) is 0 Å². The van der Waals surface area contributed by atoms with Gasteiger partial charge in [0.1, 0.15) is 0 Å². The first kappa shape index (κ1) is 17.2. The van der Waals surface area contributed by atoms with E-state index in [9.17, 15) is 19.7 Å². The van der Waals surface area contributed by atoms with Gasteiger partial charge in [-0.15, -0.1) is 0 Å². The first-order valence-electron chi connectivity index (χ1n) is 6.70. The Balaban J connectivity index is 2.19. The van der Waals surface area contributed by atoms with Crippen LogP contribution in [0.2, 0.25) is 5.02 Å². The first-order chi connectivity index (χ1) is 11.4. The van der Waals surface area contributed by atoms with Gasteiger partial charge >= 0.3 is 0 Å². The molecule has 0 atom stereocenters. The van der Waals surface area contributed by atoms with Gasteiger partial charge in [0.15, 0.2) is 0 Å². The Labute approximate surface area is 141 Å². The number of carbonyl (C=O) groups is 2. The van der Waals surface area contributed by atoms with Gasteiger partial charge in [0, 0.05) is 17.7 Å². The number of nitrogens with one attached hydrogen (secondary N) is 1. The smallest absolute Gasteiger partial charge is 0.276 e. The molecule has 0 heterocycles. The molecule has 122 valence electrons. The number of hydrogen-bond donors (Lipinski definition) is 2. The maximum atomic E-state index is 12.0. The molecule has 0 spiro atoms. The highest BCUT2D eigenvalue weighted by Crippen LogP contribution is 2.23. The molecule has 0 fully saturated rings. The lowest BCUT2D eigenvalue weighted by molar-refractivity contribution is -0.385. The molecule has 2 aromatic rings. The van der Waals surface area contributed by atoms with Crippen molar-refractivity contribution in [1.29, 1.82) is 0 Å². The molecule has 3 N–H and O–H groups in total. The van der Waals surface area contributed by atoms with Crippen molar-refractivity contribution in [2.24, 2.45) is 5.73 Å². The molecule has 7 nitrogen and oxygen atoms in total. The summed E-state index contributed by atoms with van der Waals surface area (Å²) >= 11 is 5.95. The van der Waals surface area contributed by atoms with Crippen molar-refractivity contribution >= 4 is 40.9 Å². The molecular formula is C16H12ClN3O4. The Hall–Kier alpha value is -3.19. The van der Waals surface area contributed by atoms with E-state index < -0.39 is 16.7 Å². The summed E-state index contributed by atoms with van der Waals surface area (Å²) in [5.74, 6) is -1.21. The molecule has 0 saturated carbocycles. The molecule has 2 rings (SSSR count). The van der Waals surface area contributed by atoms with Gasteiger partial charge in [-0.1, -0.05) is 23.7 Å². The van der Waals surface area contributed by atoms with Crippen LogP contribution in [0.3, 0.4) is 0 Å². The van der Waals surface area contributed by atoms with Crippen LogP contribution in [0.4, 0.5) is 11.4 Å².